The zero-order valence-corrected chi connectivity index (χ0v) is 22.3. The van der Waals surface area contributed by atoms with Crippen molar-refractivity contribution >= 4 is 35.1 Å². The Hall–Kier alpha value is -4.28. The van der Waals surface area contributed by atoms with E-state index in [1.54, 1.807) is 6.92 Å². The zero-order chi connectivity index (χ0) is 29.9. The maximum atomic E-state index is 13.2. The summed E-state index contributed by atoms with van der Waals surface area (Å²) in [6, 6.07) is 7.20. The quantitative estimate of drug-likeness (QED) is 0.349. The van der Waals surface area contributed by atoms with Gasteiger partial charge in [-0.15, -0.1) is 5.10 Å². The Bertz CT molecular complexity index is 1520. The van der Waals surface area contributed by atoms with E-state index < -0.39 is 42.6 Å². The molecule has 1 aromatic carbocycles. The molecule has 3 aromatic rings. The molecule has 41 heavy (non-hydrogen) atoms. The minimum absolute atomic E-state index is 0.0409. The van der Waals surface area contributed by atoms with Gasteiger partial charge in [-0.2, -0.15) is 13.2 Å². The Morgan fingerprint density at radius 1 is 1.20 bits per heavy atom. The van der Waals surface area contributed by atoms with Crippen LogP contribution in [0, 0.1) is 0 Å². The third-order valence-electron chi connectivity index (χ3n) is 5.78. The number of hydrogen-bond acceptors (Lipinski definition) is 11. The molecular formula is C24H23ClF3N7O6. The van der Waals surface area contributed by atoms with Gasteiger partial charge >= 0.3 is 23.8 Å². The summed E-state index contributed by atoms with van der Waals surface area (Å²) in [5.41, 5.74) is 2.26. The van der Waals surface area contributed by atoms with Gasteiger partial charge in [0.15, 0.2) is 11.9 Å². The van der Waals surface area contributed by atoms with E-state index in [4.69, 9.17) is 21.1 Å². The van der Waals surface area contributed by atoms with Crippen molar-refractivity contribution in [3.63, 3.8) is 0 Å². The molecule has 1 aliphatic heterocycles. The molecule has 1 unspecified atom stereocenters. The molecule has 2 N–H and O–H groups in total. The number of aliphatic hydroxyl groups is 1. The molecule has 0 amide bonds. The van der Waals surface area contributed by atoms with Gasteiger partial charge in [0.05, 0.1) is 44.3 Å². The molecule has 0 spiro atoms. The Labute approximate surface area is 234 Å². The van der Waals surface area contributed by atoms with Crippen LogP contribution in [-0.2, 0) is 27.4 Å². The van der Waals surface area contributed by atoms with Crippen molar-refractivity contribution in [2.75, 3.05) is 18.7 Å². The Balaban J connectivity index is 1.71. The number of rotatable bonds is 9. The van der Waals surface area contributed by atoms with Gasteiger partial charge in [0.1, 0.15) is 6.17 Å². The summed E-state index contributed by atoms with van der Waals surface area (Å²) in [6.45, 7) is 0.201. The topological polar surface area (TPSA) is 153 Å². The molecule has 2 aromatic heterocycles. The Morgan fingerprint density at radius 3 is 2.54 bits per heavy atom. The number of halogens is 4. The van der Waals surface area contributed by atoms with Gasteiger partial charge in [0.2, 0.25) is 5.84 Å². The van der Waals surface area contributed by atoms with Crippen LogP contribution in [0.2, 0.25) is 5.02 Å². The second-order valence-electron chi connectivity index (χ2n) is 8.50. The Kier molecular flexibility index (Phi) is 8.74. The number of esters is 2. The summed E-state index contributed by atoms with van der Waals surface area (Å²) in [5.74, 6) is -2.07. The van der Waals surface area contributed by atoms with Crippen molar-refractivity contribution in [3.05, 3.63) is 63.8 Å². The molecule has 0 bridgehead atoms. The third-order valence-corrected chi connectivity index (χ3v) is 6.03. The number of aliphatic imine (C=N–C) groups is 1. The third kappa shape index (κ3) is 6.39. The van der Waals surface area contributed by atoms with Crippen LogP contribution in [0.5, 0.6) is 0 Å². The predicted octanol–water partition coefficient (Wildman–Crippen LogP) is 1.78. The number of carbonyl (C=O) groups is 2. The standard InChI is InChI=1S/C24H23ClF3N7O6/c1-3-41-21(37)15-8-9-29-10-16(15)35-20(22(38)40-2)30-18(31-35)12-34-23(39)33(11-17(36)24(26,27)28)19(32-34)13-4-6-14(25)7-5-13/h4-10,17-18,31,36H,3,11-12H2,1-2H3/t17-,18?/m0/s1. The normalized spacial score (nSPS) is 15.9. The lowest BCUT2D eigenvalue weighted by atomic mass is 10.2. The van der Waals surface area contributed by atoms with E-state index in [0.29, 0.717) is 9.59 Å². The molecule has 218 valence electrons. The number of alkyl halides is 3. The van der Waals surface area contributed by atoms with Crippen LogP contribution in [0.15, 0.2) is 52.5 Å². The van der Waals surface area contributed by atoms with Crippen molar-refractivity contribution in [2.45, 2.75) is 38.5 Å². The van der Waals surface area contributed by atoms with Crippen molar-refractivity contribution in [3.8, 4) is 11.4 Å². The molecule has 0 aliphatic carbocycles. The van der Waals surface area contributed by atoms with Gasteiger partial charge in [-0.05, 0) is 37.3 Å². The first-order valence-electron chi connectivity index (χ1n) is 12.0. The fourth-order valence-corrected chi connectivity index (χ4v) is 3.99. The number of methoxy groups -OCH3 is 1. The van der Waals surface area contributed by atoms with Gasteiger partial charge in [0, 0.05) is 16.8 Å². The van der Waals surface area contributed by atoms with Crippen LogP contribution >= 0.6 is 11.6 Å². The maximum absolute atomic E-state index is 13.2. The molecule has 1 aliphatic rings. The van der Waals surface area contributed by atoms with Gasteiger partial charge in [-0.1, -0.05) is 11.6 Å². The SMILES string of the molecule is CCOC(=O)c1ccncc1N1NC(Cn2nc(-c3ccc(Cl)cc3)n(C[C@H](O)C(F)(F)F)c2=O)N=C1C(=O)OC. The number of carbonyl (C=O) groups excluding carboxylic acids is 2. The van der Waals surface area contributed by atoms with E-state index in [1.165, 1.54) is 42.7 Å². The first-order valence-corrected chi connectivity index (χ1v) is 12.3. The van der Waals surface area contributed by atoms with Crippen molar-refractivity contribution < 1.29 is 37.3 Å². The molecule has 4 rings (SSSR count). The molecule has 0 fully saturated rings. The van der Waals surface area contributed by atoms with Gasteiger partial charge in [0.25, 0.3) is 0 Å². The number of hydrazine groups is 1. The predicted molar refractivity (Wildman–Crippen MR) is 138 cm³/mol. The number of anilines is 1. The number of amidine groups is 1. The second-order valence-corrected chi connectivity index (χ2v) is 8.94. The van der Waals surface area contributed by atoms with Gasteiger partial charge in [-0.25, -0.2) is 34.5 Å². The molecule has 2 atom stereocenters. The highest BCUT2D eigenvalue weighted by atomic mass is 35.5. The van der Waals surface area contributed by atoms with E-state index in [2.05, 4.69) is 20.5 Å². The minimum atomic E-state index is -4.99. The van der Waals surface area contributed by atoms with E-state index in [0.717, 1.165) is 16.8 Å². The summed E-state index contributed by atoms with van der Waals surface area (Å²) in [6.07, 6.45) is -6.30. The summed E-state index contributed by atoms with van der Waals surface area (Å²) < 4.78 is 50.9. The summed E-state index contributed by atoms with van der Waals surface area (Å²) in [4.78, 5) is 46.5. The first-order chi connectivity index (χ1) is 19.4. The lowest BCUT2D eigenvalue weighted by molar-refractivity contribution is -0.207. The van der Waals surface area contributed by atoms with Gasteiger partial charge < -0.3 is 14.6 Å². The van der Waals surface area contributed by atoms with Crippen molar-refractivity contribution in [2.24, 2.45) is 4.99 Å². The van der Waals surface area contributed by atoms with Crippen LogP contribution in [0.1, 0.15) is 17.3 Å². The zero-order valence-electron chi connectivity index (χ0n) is 21.5. The number of nitrogens with zero attached hydrogens (tertiary/aromatic N) is 6. The highest BCUT2D eigenvalue weighted by Gasteiger charge is 2.40. The molecule has 3 heterocycles. The summed E-state index contributed by atoms with van der Waals surface area (Å²) in [5, 5.41) is 15.3. The molecule has 0 saturated carbocycles. The molecular weight excluding hydrogens is 575 g/mol. The van der Waals surface area contributed by atoms with Crippen LogP contribution < -0.4 is 16.1 Å². The fraction of sp³-hybridized carbons (Fsp3) is 0.333. The van der Waals surface area contributed by atoms with Crippen LogP contribution in [0.3, 0.4) is 0 Å². The number of pyridine rings is 1. The lowest BCUT2D eigenvalue weighted by Crippen LogP contribution is -2.46. The van der Waals surface area contributed by atoms with E-state index in [9.17, 15) is 32.7 Å². The van der Waals surface area contributed by atoms with Crippen molar-refractivity contribution in [1.29, 1.82) is 0 Å². The molecule has 0 radical (unpaired) electrons. The van der Waals surface area contributed by atoms with Crippen LogP contribution in [0.4, 0.5) is 18.9 Å². The Morgan fingerprint density at radius 2 is 1.90 bits per heavy atom. The minimum Gasteiger partial charge on any atom is -0.463 e. The number of ether oxygens (including phenoxy) is 2. The van der Waals surface area contributed by atoms with Crippen LogP contribution in [0.25, 0.3) is 11.4 Å². The largest absolute Gasteiger partial charge is 0.463 e. The number of aliphatic hydroxyl groups excluding tert-OH is 1. The average molecular weight is 598 g/mol. The van der Waals surface area contributed by atoms with Crippen molar-refractivity contribution in [1.82, 2.24) is 24.8 Å². The highest BCUT2D eigenvalue weighted by Crippen LogP contribution is 2.25. The number of nitrogens with one attached hydrogen (secondary N) is 1. The van der Waals surface area contributed by atoms with E-state index >= 15 is 0 Å². The first kappa shape index (κ1) is 29.7. The maximum Gasteiger partial charge on any atom is 0.416 e. The number of benzene rings is 1. The molecule has 17 heteroatoms. The van der Waals surface area contributed by atoms with E-state index in [-0.39, 0.29) is 41.6 Å². The second kappa shape index (κ2) is 12.1. The average Bonchev–Trinajstić information content (AvgIpc) is 3.49. The summed E-state index contributed by atoms with van der Waals surface area (Å²) in [7, 11) is 1.11. The van der Waals surface area contributed by atoms with Crippen LogP contribution in [-0.4, -0.2) is 74.4 Å². The monoisotopic (exact) mass is 597 g/mol. The van der Waals surface area contributed by atoms with E-state index in [1.807, 2.05) is 0 Å². The lowest BCUT2D eigenvalue weighted by Gasteiger charge is -2.22. The molecule has 0 saturated heterocycles. The van der Waals surface area contributed by atoms with Gasteiger partial charge in [-0.3, -0.25) is 9.55 Å². The fourth-order valence-electron chi connectivity index (χ4n) is 3.87. The smallest absolute Gasteiger partial charge is 0.416 e. The summed E-state index contributed by atoms with van der Waals surface area (Å²) >= 11 is 5.91. The number of hydrogen-bond donors (Lipinski definition) is 2. The molecule has 13 nitrogen and oxygen atoms in total. The highest BCUT2D eigenvalue weighted by molar-refractivity contribution is 6.41. The number of aromatic nitrogens is 4.